The highest BCUT2D eigenvalue weighted by Gasteiger charge is 2.48. The zero-order chi connectivity index (χ0) is 10.7. The molecule has 0 aromatic carbocycles. The summed E-state index contributed by atoms with van der Waals surface area (Å²) < 4.78 is 0. The van der Waals surface area contributed by atoms with E-state index >= 15 is 0 Å². The van der Waals surface area contributed by atoms with Gasteiger partial charge in [0.25, 0.3) is 0 Å². The molecule has 0 saturated heterocycles. The van der Waals surface area contributed by atoms with E-state index < -0.39 is 11.2 Å². The van der Waals surface area contributed by atoms with E-state index in [4.69, 9.17) is 0 Å². The molecule has 80 valence electrons. The summed E-state index contributed by atoms with van der Waals surface area (Å²) in [5.74, 6) is 0. The molecule has 2 atom stereocenters. The van der Waals surface area contributed by atoms with Crippen LogP contribution in [0.2, 0.25) is 0 Å². The summed E-state index contributed by atoms with van der Waals surface area (Å²) in [7, 11) is 0. The zero-order valence-electron chi connectivity index (χ0n) is 8.71. The molecule has 0 spiro atoms. The van der Waals surface area contributed by atoms with Crippen LogP contribution in [0.5, 0.6) is 0 Å². The molecule has 0 aromatic rings. The molecule has 1 aliphatic rings. The quantitative estimate of drug-likeness (QED) is 0.676. The van der Waals surface area contributed by atoms with E-state index in [-0.39, 0.29) is 0 Å². The monoisotopic (exact) mass is 196 g/mol. The lowest BCUT2D eigenvalue weighted by Gasteiger charge is -2.46. The van der Waals surface area contributed by atoms with Gasteiger partial charge in [-0.2, -0.15) is 0 Å². The molecule has 1 aliphatic carbocycles. The number of hydrogen-bond donors (Lipinski definition) is 2. The maximum atomic E-state index is 10.4. The van der Waals surface area contributed by atoms with E-state index in [1.807, 2.05) is 0 Å². The Morgan fingerprint density at radius 3 is 1.57 bits per heavy atom. The molecule has 0 radical (unpaired) electrons. The highest BCUT2D eigenvalue weighted by Crippen LogP contribution is 2.42. The summed E-state index contributed by atoms with van der Waals surface area (Å²) in [5, 5.41) is 20.7. The Bertz CT molecular complexity index is 200. The van der Waals surface area contributed by atoms with E-state index in [0.29, 0.717) is 25.7 Å². The fourth-order valence-electron chi connectivity index (χ4n) is 2.36. The largest absolute Gasteiger partial charge is 0.387 e. The van der Waals surface area contributed by atoms with Crippen LogP contribution >= 0.6 is 0 Å². The van der Waals surface area contributed by atoms with Crippen molar-refractivity contribution in [3.63, 3.8) is 0 Å². The Hall–Kier alpha value is -0.600. The second kappa shape index (κ2) is 4.28. The second-order valence-electron chi connectivity index (χ2n) is 4.26. The summed E-state index contributed by atoms with van der Waals surface area (Å²) in [6.07, 6.45) is 7.54. The summed E-state index contributed by atoms with van der Waals surface area (Å²) in [4.78, 5) is 0. The Morgan fingerprint density at radius 2 is 1.29 bits per heavy atom. The first-order chi connectivity index (χ1) is 6.58. The predicted octanol–water partition coefficient (Wildman–Crippen LogP) is 2.17. The van der Waals surface area contributed by atoms with Crippen molar-refractivity contribution in [1.82, 2.24) is 0 Å². The van der Waals surface area contributed by atoms with Crippen molar-refractivity contribution in [1.29, 1.82) is 0 Å². The van der Waals surface area contributed by atoms with Gasteiger partial charge in [0.1, 0.15) is 0 Å². The molecule has 1 rings (SSSR count). The average molecular weight is 196 g/mol. The fourth-order valence-corrected chi connectivity index (χ4v) is 2.36. The number of hydrogen-bond acceptors (Lipinski definition) is 2. The van der Waals surface area contributed by atoms with Gasteiger partial charge in [-0.3, -0.25) is 0 Å². The normalized spacial score (nSPS) is 37.9. The topological polar surface area (TPSA) is 40.5 Å². The van der Waals surface area contributed by atoms with Crippen molar-refractivity contribution in [2.24, 2.45) is 0 Å². The maximum absolute atomic E-state index is 10.4. The SMILES string of the molecule is C=CC[C@@]1(O)CCCC[C@@]1(O)CC=C. The minimum atomic E-state index is -0.999. The molecule has 0 unspecified atom stereocenters. The van der Waals surface area contributed by atoms with E-state index in [1.54, 1.807) is 12.2 Å². The van der Waals surface area contributed by atoms with Crippen LogP contribution in [-0.2, 0) is 0 Å². The van der Waals surface area contributed by atoms with Gasteiger partial charge in [-0.25, -0.2) is 0 Å². The lowest BCUT2D eigenvalue weighted by Crippen LogP contribution is -2.55. The van der Waals surface area contributed by atoms with Gasteiger partial charge >= 0.3 is 0 Å². The van der Waals surface area contributed by atoms with Crippen molar-refractivity contribution in [3.05, 3.63) is 25.3 Å². The lowest BCUT2D eigenvalue weighted by molar-refractivity contribution is -0.171. The Morgan fingerprint density at radius 1 is 0.929 bits per heavy atom. The average Bonchev–Trinajstić information content (AvgIpc) is 2.12. The Balaban J connectivity index is 2.85. The van der Waals surface area contributed by atoms with Gasteiger partial charge in [-0.15, -0.1) is 13.2 Å². The van der Waals surface area contributed by atoms with Crippen molar-refractivity contribution in [3.8, 4) is 0 Å². The van der Waals surface area contributed by atoms with Crippen LogP contribution in [0.25, 0.3) is 0 Å². The predicted molar refractivity (Wildman–Crippen MR) is 58.0 cm³/mol. The lowest BCUT2D eigenvalue weighted by atomic mass is 9.68. The van der Waals surface area contributed by atoms with E-state index in [1.165, 1.54) is 0 Å². The standard InChI is InChI=1S/C12H20O2/c1-3-7-11(13)9-5-6-10-12(11,14)8-4-2/h3-4,13-14H,1-2,5-10H2/t11-,12+. The molecular formula is C12H20O2. The van der Waals surface area contributed by atoms with Gasteiger partial charge in [0, 0.05) is 0 Å². The molecule has 0 aromatic heterocycles. The van der Waals surface area contributed by atoms with Crippen molar-refractivity contribution in [2.45, 2.75) is 49.7 Å². The van der Waals surface area contributed by atoms with Crippen LogP contribution in [0.3, 0.4) is 0 Å². The molecule has 2 nitrogen and oxygen atoms in total. The molecule has 0 heterocycles. The zero-order valence-corrected chi connectivity index (χ0v) is 8.71. The van der Waals surface area contributed by atoms with Crippen molar-refractivity contribution >= 4 is 0 Å². The molecule has 14 heavy (non-hydrogen) atoms. The highest BCUT2D eigenvalue weighted by atomic mass is 16.4. The van der Waals surface area contributed by atoms with Gasteiger partial charge in [0.2, 0.25) is 0 Å². The number of rotatable bonds is 4. The smallest absolute Gasteiger partial charge is 0.0970 e. The summed E-state index contributed by atoms with van der Waals surface area (Å²) in [6, 6.07) is 0. The van der Waals surface area contributed by atoms with Gasteiger partial charge in [-0.05, 0) is 25.7 Å². The van der Waals surface area contributed by atoms with Crippen molar-refractivity contribution in [2.75, 3.05) is 0 Å². The third-order valence-corrected chi connectivity index (χ3v) is 3.26. The first-order valence-electron chi connectivity index (χ1n) is 5.24. The third-order valence-electron chi connectivity index (χ3n) is 3.26. The van der Waals surface area contributed by atoms with Gasteiger partial charge in [0.05, 0.1) is 11.2 Å². The van der Waals surface area contributed by atoms with Crippen LogP contribution < -0.4 is 0 Å². The summed E-state index contributed by atoms with van der Waals surface area (Å²) >= 11 is 0. The first kappa shape index (κ1) is 11.5. The Kier molecular flexibility index (Phi) is 3.51. The van der Waals surface area contributed by atoms with Crippen LogP contribution in [0.4, 0.5) is 0 Å². The Labute approximate surface area is 86.0 Å². The van der Waals surface area contributed by atoms with Gasteiger partial charge < -0.3 is 10.2 Å². The minimum Gasteiger partial charge on any atom is -0.387 e. The molecular weight excluding hydrogens is 176 g/mol. The fraction of sp³-hybridized carbons (Fsp3) is 0.667. The molecule has 1 saturated carbocycles. The molecule has 0 amide bonds. The maximum Gasteiger partial charge on any atom is 0.0970 e. The van der Waals surface area contributed by atoms with Crippen LogP contribution in [0, 0.1) is 0 Å². The van der Waals surface area contributed by atoms with E-state index in [0.717, 1.165) is 12.8 Å². The molecule has 0 aliphatic heterocycles. The summed E-state index contributed by atoms with van der Waals surface area (Å²) in [6.45, 7) is 7.26. The second-order valence-corrected chi connectivity index (χ2v) is 4.26. The van der Waals surface area contributed by atoms with Crippen molar-refractivity contribution < 1.29 is 10.2 Å². The minimum absolute atomic E-state index is 0.456. The summed E-state index contributed by atoms with van der Waals surface area (Å²) in [5.41, 5.74) is -2.00. The van der Waals surface area contributed by atoms with E-state index in [2.05, 4.69) is 13.2 Å². The highest BCUT2D eigenvalue weighted by molar-refractivity contribution is 5.07. The third kappa shape index (κ3) is 1.91. The molecule has 2 N–H and O–H groups in total. The van der Waals surface area contributed by atoms with Gasteiger partial charge in [0.15, 0.2) is 0 Å². The van der Waals surface area contributed by atoms with Crippen LogP contribution in [0.15, 0.2) is 25.3 Å². The van der Waals surface area contributed by atoms with Crippen LogP contribution in [0.1, 0.15) is 38.5 Å². The van der Waals surface area contributed by atoms with Gasteiger partial charge in [-0.1, -0.05) is 25.0 Å². The number of aliphatic hydroxyl groups is 2. The first-order valence-corrected chi connectivity index (χ1v) is 5.24. The van der Waals surface area contributed by atoms with Crippen LogP contribution in [-0.4, -0.2) is 21.4 Å². The molecule has 0 bridgehead atoms. The molecule has 1 fully saturated rings. The molecule has 2 heteroatoms. The van der Waals surface area contributed by atoms with E-state index in [9.17, 15) is 10.2 Å².